The Labute approximate surface area is 142 Å². The van der Waals surface area contributed by atoms with E-state index >= 15 is 0 Å². The highest BCUT2D eigenvalue weighted by atomic mass is 16.7. The first-order chi connectivity index (χ1) is 11.8. The number of aromatic nitrogens is 1. The number of carbonyl (C=O) groups excluding carboxylic acids is 1. The van der Waals surface area contributed by atoms with E-state index in [2.05, 4.69) is 10.3 Å². The molecule has 2 atom stereocenters. The van der Waals surface area contributed by atoms with Gasteiger partial charge in [-0.1, -0.05) is 6.07 Å². The molecule has 0 aromatic carbocycles. The van der Waals surface area contributed by atoms with Crippen molar-refractivity contribution >= 4 is 5.91 Å². The second kappa shape index (κ2) is 9.08. The summed E-state index contributed by atoms with van der Waals surface area (Å²) in [6, 6.07) is 5.64. The van der Waals surface area contributed by atoms with Crippen LogP contribution in [0.1, 0.15) is 25.0 Å². The van der Waals surface area contributed by atoms with Crippen molar-refractivity contribution in [1.82, 2.24) is 15.4 Å². The van der Waals surface area contributed by atoms with Gasteiger partial charge in [-0.25, -0.2) is 0 Å². The molecular weight excluding hydrogens is 310 g/mol. The fourth-order valence-electron chi connectivity index (χ4n) is 2.91. The Morgan fingerprint density at radius 2 is 2.38 bits per heavy atom. The lowest BCUT2D eigenvalue weighted by Crippen LogP contribution is -2.50. The molecule has 0 unspecified atom stereocenters. The predicted molar refractivity (Wildman–Crippen MR) is 86.9 cm³/mol. The van der Waals surface area contributed by atoms with Crippen LogP contribution >= 0.6 is 0 Å². The number of carbonyl (C=O) groups is 1. The van der Waals surface area contributed by atoms with Crippen molar-refractivity contribution in [1.29, 1.82) is 0 Å². The Bertz CT molecular complexity index is 508. The fraction of sp³-hybridized carbons (Fsp3) is 0.647. The third-order valence-corrected chi connectivity index (χ3v) is 4.22. The van der Waals surface area contributed by atoms with Crippen LogP contribution in [0.4, 0.5) is 0 Å². The molecule has 0 bridgehead atoms. The monoisotopic (exact) mass is 335 g/mol. The molecule has 1 aromatic rings. The quantitative estimate of drug-likeness (QED) is 0.798. The summed E-state index contributed by atoms with van der Waals surface area (Å²) in [7, 11) is 0. The first-order valence-electron chi connectivity index (χ1n) is 8.58. The molecule has 7 heteroatoms. The molecule has 0 aliphatic carbocycles. The lowest BCUT2D eigenvalue weighted by Gasteiger charge is -2.32. The summed E-state index contributed by atoms with van der Waals surface area (Å²) in [5.74, 6) is 0.00689. The Morgan fingerprint density at radius 1 is 1.42 bits per heavy atom. The van der Waals surface area contributed by atoms with E-state index in [0.717, 1.165) is 31.7 Å². The maximum Gasteiger partial charge on any atom is 0.221 e. The van der Waals surface area contributed by atoms with E-state index < -0.39 is 0 Å². The second-order valence-electron chi connectivity index (χ2n) is 6.07. The third-order valence-electron chi connectivity index (χ3n) is 4.22. The van der Waals surface area contributed by atoms with Crippen molar-refractivity contribution in [2.75, 3.05) is 32.9 Å². The van der Waals surface area contributed by atoms with Gasteiger partial charge in [-0.05, 0) is 25.0 Å². The van der Waals surface area contributed by atoms with Crippen LogP contribution in [-0.4, -0.2) is 61.0 Å². The molecule has 2 fully saturated rings. The average Bonchev–Trinajstić information content (AvgIpc) is 3.14. The molecule has 3 rings (SSSR count). The summed E-state index contributed by atoms with van der Waals surface area (Å²) in [6.45, 7) is 3.86. The van der Waals surface area contributed by atoms with Crippen molar-refractivity contribution < 1.29 is 19.1 Å². The minimum absolute atomic E-state index is 0.00689. The standard InChI is InChI=1S/C17H25N3O4/c21-17(5-9-20-8-3-10-24-20)19-15-13-22-11-6-16(15)23-12-14-4-1-2-7-18-14/h1-2,4,7,15-16H,3,5-6,8-13H2,(H,19,21)/t15-,16-/m1/s1. The van der Waals surface area contributed by atoms with Crippen LogP contribution in [0.2, 0.25) is 0 Å². The van der Waals surface area contributed by atoms with Crippen LogP contribution in [-0.2, 0) is 25.7 Å². The zero-order valence-corrected chi connectivity index (χ0v) is 13.9. The normalized spacial score (nSPS) is 24.8. The summed E-state index contributed by atoms with van der Waals surface area (Å²) in [4.78, 5) is 21.8. The molecule has 1 aromatic heterocycles. The number of ether oxygens (including phenoxy) is 2. The van der Waals surface area contributed by atoms with Crippen LogP contribution in [0.5, 0.6) is 0 Å². The molecule has 24 heavy (non-hydrogen) atoms. The van der Waals surface area contributed by atoms with E-state index in [1.54, 1.807) is 6.20 Å². The molecule has 1 N–H and O–H groups in total. The molecule has 0 spiro atoms. The van der Waals surface area contributed by atoms with Gasteiger partial charge in [0, 0.05) is 32.3 Å². The van der Waals surface area contributed by atoms with E-state index in [9.17, 15) is 4.79 Å². The zero-order valence-electron chi connectivity index (χ0n) is 13.9. The maximum absolute atomic E-state index is 12.2. The number of amides is 1. The van der Waals surface area contributed by atoms with Crippen LogP contribution in [0, 0.1) is 0 Å². The van der Waals surface area contributed by atoms with E-state index in [4.69, 9.17) is 14.3 Å². The van der Waals surface area contributed by atoms with Gasteiger partial charge in [-0.2, -0.15) is 5.06 Å². The first-order valence-corrected chi connectivity index (χ1v) is 8.58. The summed E-state index contributed by atoms with van der Waals surface area (Å²) in [5, 5.41) is 4.89. The average molecular weight is 335 g/mol. The number of rotatable bonds is 7. The van der Waals surface area contributed by atoms with Crippen LogP contribution in [0.25, 0.3) is 0 Å². The molecular formula is C17H25N3O4. The van der Waals surface area contributed by atoms with E-state index in [1.165, 1.54) is 0 Å². The lowest BCUT2D eigenvalue weighted by atomic mass is 10.1. The van der Waals surface area contributed by atoms with Crippen molar-refractivity contribution in [3.63, 3.8) is 0 Å². The molecule has 132 valence electrons. The predicted octanol–water partition coefficient (Wildman–Crippen LogP) is 0.899. The van der Waals surface area contributed by atoms with Gasteiger partial charge < -0.3 is 14.8 Å². The lowest BCUT2D eigenvalue weighted by molar-refractivity contribution is -0.134. The highest BCUT2D eigenvalue weighted by Gasteiger charge is 2.28. The highest BCUT2D eigenvalue weighted by molar-refractivity contribution is 5.76. The Kier molecular flexibility index (Phi) is 6.54. The van der Waals surface area contributed by atoms with Gasteiger partial charge >= 0.3 is 0 Å². The van der Waals surface area contributed by atoms with Crippen molar-refractivity contribution in [3.8, 4) is 0 Å². The summed E-state index contributed by atoms with van der Waals surface area (Å²) in [6.07, 6.45) is 3.92. The number of nitrogens with zero attached hydrogens (tertiary/aromatic N) is 2. The Morgan fingerprint density at radius 3 is 3.17 bits per heavy atom. The first kappa shape index (κ1) is 17.3. The Hall–Kier alpha value is -1.54. The SMILES string of the molecule is O=C(CCN1CCCO1)N[C@@H]1COCC[C@H]1OCc1ccccn1. The smallest absolute Gasteiger partial charge is 0.221 e. The molecule has 2 saturated heterocycles. The van der Waals surface area contributed by atoms with Crippen molar-refractivity contribution in [2.24, 2.45) is 0 Å². The molecule has 2 aliphatic heterocycles. The Balaban J connectivity index is 1.43. The van der Waals surface area contributed by atoms with Crippen LogP contribution in [0.3, 0.4) is 0 Å². The largest absolute Gasteiger partial charge is 0.379 e. The fourth-order valence-corrected chi connectivity index (χ4v) is 2.91. The molecule has 1 amide bonds. The van der Waals surface area contributed by atoms with Crippen LogP contribution < -0.4 is 5.32 Å². The minimum Gasteiger partial charge on any atom is -0.379 e. The maximum atomic E-state index is 12.2. The van der Waals surface area contributed by atoms with Gasteiger partial charge in [0.25, 0.3) is 0 Å². The van der Waals surface area contributed by atoms with Crippen molar-refractivity contribution in [2.45, 2.75) is 38.0 Å². The number of pyridine rings is 1. The number of hydrogen-bond acceptors (Lipinski definition) is 6. The number of nitrogens with one attached hydrogen (secondary N) is 1. The summed E-state index contributed by atoms with van der Waals surface area (Å²) >= 11 is 0. The highest BCUT2D eigenvalue weighted by Crippen LogP contribution is 2.14. The molecule has 0 radical (unpaired) electrons. The molecule has 7 nitrogen and oxygen atoms in total. The summed E-state index contributed by atoms with van der Waals surface area (Å²) in [5.41, 5.74) is 0.889. The number of hydrogen-bond donors (Lipinski definition) is 1. The van der Waals surface area contributed by atoms with Gasteiger partial charge in [0.2, 0.25) is 5.91 Å². The van der Waals surface area contributed by atoms with Crippen molar-refractivity contribution in [3.05, 3.63) is 30.1 Å². The summed E-state index contributed by atoms with van der Waals surface area (Å²) < 4.78 is 11.5. The molecule has 0 saturated carbocycles. The second-order valence-corrected chi connectivity index (χ2v) is 6.07. The topological polar surface area (TPSA) is 72.9 Å². The third kappa shape index (κ3) is 5.24. The van der Waals surface area contributed by atoms with Gasteiger partial charge in [0.15, 0.2) is 0 Å². The molecule has 3 heterocycles. The van der Waals surface area contributed by atoms with Gasteiger partial charge in [-0.15, -0.1) is 0 Å². The van der Waals surface area contributed by atoms with Gasteiger partial charge in [0.1, 0.15) is 0 Å². The minimum atomic E-state index is -0.116. The van der Waals surface area contributed by atoms with E-state index in [1.807, 2.05) is 23.3 Å². The van der Waals surface area contributed by atoms with Gasteiger partial charge in [-0.3, -0.25) is 14.6 Å². The van der Waals surface area contributed by atoms with Crippen LogP contribution in [0.15, 0.2) is 24.4 Å². The number of hydroxylamine groups is 2. The molecule has 2 aliphatic rings. The van der Waals surface area contributed by atoms with E-state index in [0.29, 0.717) is 32.8 Å². The zero-order chi connectivity index (χ0) is 16.6. The van der Waals surface area contributed by atoms with E-state index in [-0.39, 0.29) is 18.1 Å². The van der Waals surface area contributed by atoms with Gasteiger partial charge in [0.05, 0.1) is 37.7 Å².